The van der Waals surface area contributed by atoms with Crippen molar-refractivity contribution >= 4 is 57.2 Å². The third-order valence-corrected chi connectivity index (χ3v) is 17.7. The first-order chi connectivity index (χ1) is 34.8. The Labute approximate surface area is 470 Å². The van der Waals surface area contributed by atoms with Gasteiger partial charge in [0.2, 0.25) is 20.0 Å². The summed E-state index contributed by atoms with van der Waals surface area (Å²) in [4.78, 5) is 32.0. The fraction of sp³-hybridized carbons (Fsp3) is 0.400. The van der Waals surface area contributed by atoms with Crippen LogP contribution in [-0.4, -0.2) is 82.2 Å². The van der Waals surface area contributed by atoms with Crippen LogP contribution in [0.4, 0.5) is 0 Å². The Hall–Kier alpha value is -4.22. The van der Waals surface area contributed by atoms with Gasteiger partial charge >= 0.3 is 29.6 Å². The molecule has 0 bridgehead atoms. The number of aldehydes is 2. The fourth-order valence-electron chi connectivity index (χ4n) is 7.57. The Morgan fingerprint density at radius 2 is 1.09 bits per heavy atom. The maximum Gasteiger partial charge on any atom is 1.00 e. The van der Waals surface area contributed by atoms with Crippen molar-refractivity contribution in [1.29, 1.82) is 0 Å². The molecule has 4 atom stereocenters. The Balaban J connectivity index is 0.000000547. The molecule has 406 valence electrons. The molecule has 0 aliphatic carbocycles. The Kier molecular flexibility index (Phi) is 31.7. The monoisotopic (exact) mass is 1120 g/mol. The van der Waals surface area contributed by atoms with Gasteiger partial charge in [0.1, 0.15) is 17.9 Å². The maximum atomic E-state index is 13.2. The number of sulfone groups is 1. The molecule has 75 heavy (non-hydrogen) atoms. The summed E-state index contributed by atoms with van der Waals surface area (Å²) in [6, 6.07) is 40.2. The molecule has 5 aromatic carbocycles. The Morgan fingerprint density at radius 3 is 1.47 bits per heavy atom. The van der Waals surface area contributed by atoms with Gasteiger partial charge in [0, 0.05) is 24.4 Å². The van der Waals surface area contributed by atoms with Crippen molar-refractivity contribution in [2.24, 2.45) is 5.92 Å². The summed E-state index contributed by atoms with van der Waals surface area (Å²) in [6.45, 7) is 19.5. The first kappa shape index (κ1) is 68.8. The van der Waals surface area contributed by atoms with Crippen molar-refractivity contribution < 1.29 is 83.8 Å². The van der Waals surface area contributed by atoms with Crippen LogP contribution >= 0.6 is 0 Å². The third-order valence-electron chi connectivity index (χ3n) is 11.4. The predicted molar refractivity (Wildman–Crippen MR) is 292 cm³/mol. The average Bonchev–Trinajstić information content (AvgIpc) is 3.94. The van der Waals surface area contributed by atoms with Gasteiger partial charge < -0.3 is 29.5 Å². The van der Waals surface area contributed by atoms with E-state index in [9.17, 15) is 34.8 Å². The van der Waals surface area contributed by atoms with E-state index in [2.05, 4.69) is 53.1 Å². The topological polar surface area (TPSA) is 231 Å². The average molecular weight is 1120 g/mol. The summed E-state index contributed by atoms with van der Waals surface area (Å²) in [5.41, 5.74) is 3.99. The number of carbonyl (C=O) groups is 3. The van der Waals surface area contributed by atoms with Crippen LogP contribution in [0.15, 0.2) is 154 Å². The van der Waals surface area contributed by atoms with Crippen LogP contribution in [0, 0.1) is 19.8 Å². The van der Waals surface area contributed by atoms with Crippen LogP contribution < -0.4 is 49.6 Å². The first-order valence-electron chi connectivity index (χ1n) is 24.4. The number of aryl methyl sites for hydroxylation is 4. The van der Waals surface area contributed by atoms with E-state index < -0.39 is 55.5 Å². The maximum absolute atomic E-state index is 13.2. The molecule has 1 aliphatic rings. The van der Waals surface area contributed by atoms with E-state index in [0.29, 0.717) is 31.7 Å². The molecule has 1 unspecified atom stereocenters. The second-order valence-corrected chi connectivity index (χ2v) is 29.1. The standard InChI is InChI=1S/C22H23NO4S2.C19H23NO3S.C10H23NOSi.C3H6O.CH2O3.Na/c1-18-12-15-21(16-13-18)29(26,27)23-22(17-14-19-8-4-2-5-9-19)28(24,25)20-10-6-3-7-11-20;1-15-8-11-18(12-9-15)24(22,23)20-19(16(2)14-21)13-10-17-6-4-3-5-7-17;1-10(2,12-13(3,4)5)9-7-6-8-11-9;1-2-3-4;2-1-4-3;/h2-13,15-16,22-23H,14,17H2,1H3;3-9,11-12,14,16,19-20H,10,13H2,1-2H3;9,11H,6-8H2,1-5H3;3H,2H2,1H3;1,3H;/q;;;;;+1/p-1/t;16-,19+;9-;;;/m.00.../s1. The number of benzene rings is 5. The van der Waals surface area contributed by atoms with Crippen LogP contribution in [0.5, 0.6) is 0 Å². The minimum absolute atomic E-state index is 0. The van der Waals surface area contributed by atoms with E-state index >= 15 is 0 Å². The van der Waals surface area contributed by atoms with Crippen LogP contribution in [0.2, 0.25) is 19.6 Å². The molecule has 15 nitrogen and oxygen atoms in total. The van der Waals surface area contributed by atoms with Crippen molar-refractivity contribution in [3.8, 4) is 0 Å². The molecule has 0 spiro atoms. The second kappa shape index (κ2) is 34.5. The molecule has 20 heteroatoms. The van der Waals surface area contributed by atoms with Crippen molar-refractivity contribution in [3.05, 3.63) is 162 Å². The van der Waals surface area contributed by atoms with Gasteiger partial charge in [-0.1, -0.05) is 128 Å². The summed E-state index contributed by atoms with van der Waals surface area (Å²) in [5.74, 6) is -0.395. The molecule has 0 aromatic heterocycles. The van der Waals surface area contributed by atoms with Crippen molar-refractivity contribution in [2.75, 3.05) is 6.54 Å². The minimum atomic E-state index is -4.00. The van der Waals surface area contributed by atoms with Gasteiger partial charge in [0.05, 0.1) is 20.3 Å². The van der Waals surface area contributed by atoms with Gasteiger partial charge in [0.25, 0.3) is 6.47 Å². The molecule has 1 saturated heterocycles. The number of hydrogen-bond donors (Lipinski definition) is 3. The van der Waals surface area contributed by atoms with Gasteiger partial charge in [-0.2, -0.15) is 4.72 Å². The van der Waals surface area contributed by atoms with Crippen LogP contribution in [-0.2, 0) is 66.4 Å². The molecule has 6 rings (SSSR count). The Morgan fingerprint density at radius 1 is 0.680 bits per heavy atom. The summed E-state index contributed by atoms with van der Waals surface area (Å²) >= 11 is 0. The quantitative estimate of drug-likeness (QED) is 0.0371. The number of hydrogen-bond acceptors (Lipinski definition) is 13. The second-order valence-electron chi connectivity index (χ2n) is 19.1. The van der Waals surface area contributed by atoms with Gasteiger partial charge in [-0.25, -0.2) is 30.0 Å². The number of carbonyl (C=O) groups excluding carboxylic acids is 3. The van der Waals surface area contributed by atoms with Gasteiger partial charge in [-0.05, 0) is 140 Å². The molecule has 5 aromatic rings. The summed E-state index contributed by atoms with van der Waals surface area (Å²) in [7, 11) is -13.0. The predicted octanol–water partition coefficient (Wildman–Crippen LogP) is 5.22. The molecule has 1 fully saturated rings. The smallest absolute Gasteiger partial charge is 0.662 e. The molecule has 0 radical (unpaired) electrons. The van der Waals surface area contributed by atoms with Crippen molar-refractivity contribution in [1.82, 2.24) is 14.8 Å². The zero-order chi connectivity index (χ0) is 55.4. The first-order valence-corrected chi connectivity index (χ1v) is 32.4. The summed E-state index contributed by atoms with van der Waals surface area (Å²) in [5, 5.41) is 10.7. The van der Waals surface area contributed by atoms with Crippen molar-refractivity contribution in [3.63, 3.8) is 0 Å². The number of nitrogens with one attached hydrogen (secondary N) is 3. The number of rotatable bonds is 21. The third kappa shape index (κ3) is 26.1. The van der Waals surface area contributed by atoms with E-state index in [-0.39, 0.29) is 62.7 Å². The van der Waals surface area contributed by atoms with Crippen molar-refractivity contribution in [2.45, 2.75) is 144 Å². The fourth-order valence-corrected chi connectivity index (χ4v) is 13.9. The van der Waals surface area contributed by atoms with Crippen LogP contribution in [0.25, 0.3) is 0 Å². The number of sulfonamides is 2. The summed E-state index contributed by atoms with van der Waals surface area (Å²) < 4.78 is 88.5. The van der Waals surface area contributed by atoms with Gasteiger partial charge in [0.15, 0.2) is 18.2 Å². The zero-order valence-electron chi connectivity index (χ0n) is 45.1. The molecule has 3 N–H and O–H groups in total. The molecule has 1 aliphatic heterocycles. The largest absolute Gasteiger partial charge is 1.00 e. The summed E-state index contributed by atoms with van der Waals surface area (Å²) in [6.07, 6.45) is 6.68. The van der Waals surface area contributed by atoms with Crippen LogP contribution in [0.3, 0.4) is 0 Å². The van der Waals surface area contributed by atoms with E-state index in [1.54, 1.807) is 61.5 Å². The SMILES string of the molecule is CC(C)(O[Si](C)(C)C)[C@@H]1CCCN1.CCC=O.Cc1ccc(S(=O)(=O)NC(CCc2ccccc2)S(=O)(=O)c2ccccc2)cc1.Cc1ccc(S(=O)(=O)N[C@H](CCc2ccccc2)[C@@H](C)C=O)cc1.O=CO[O-].[Na+]. The van der Waals surface area contributed by atoms with E-state index in [1.807, 2.05) is 81.4 Å². The zero-order valence-corrected chi connectivity index (χ0v) is 50.6. The van der Waals surface area contributed by atoms with Gasteiger partial charge in [-0.3, -0.25) is 4.79 Å². The minimum Gasteiger partial charge on any atom is -0.662 e. The molecular weight excluding hydrogens is 1040 g/mol. The molecule has 0 amide bonds. The molecular formula is C55H76N3NaO12S3Si. The van der Waals surface area contributed by atoms with E-state index in [1.165, 1.54) is 37.1 Å². The van der Waals surface area contributed by atoms with Crippen LogP contribution in [0.1, 0.15) is 82.1 Å². The Bertz CT molecular complexity index is 2720. The molecule has 1 heterocycles. The normalized spacial score (nSPS) is 14.6. The van der Waals surface area contributed by atoms with E-state index in [4.69, 9.17) is 14.5 Å². The van der Waals surface area contributed by atoms with E-state index in [0.717, 1.165) is 41.4 Å². The van der Waals surface area contributed by atoms with Gasteiger partial charge in [-0.15, -0.1) is 0 Å². The molecule has 0 saturated carbocycles.